The van der Waals surface area contributed by atoms with E-state index in [4.69, 9.17) is 26.6 Å². The lowest BCUT2D eigenvalue weighted by Crippen LogP contribution is -2.49. The number of hydrogen-bond donors (Lipinski definition) is 2. The molecule has 3 atom stereocenters. The molecule has 0 saturated carbocycles. The Hall–Kier alpha value is -2.61. The number of nitrogens with two attached hydrogens (primary N) is 1. The molecule has 10 heteroatoms. The Labute approximate surface area is 182 Å². The van der Waals surface area contributed by atoms with E-state index in [0.29, 0.717) is 23.3 Å². The van der Waals surface area contributed by atoms with Crippen molar-refractivity contribution in [1.29, 1.82) is 0 Å². The number of fused-ring (bicyclic) bond motifs is 1. The van der Waals surface area contributed by atoms with Gasteiger partial charge in [0.2, 0.25) is 0 Å². The van der Waals surface area contributed by atoms with Crippen LogP contribution in [0.3, 0.4) is 0 Å². The first-order chi connectivity index (χ1) is 14.5. The number of aliphatic imine (C=N–C) groups is 1. The first-order valence-corrected chi connectivity index (χ1v) is 11.3. The van der Waals surface area contributed by atoms with E-state index in [-0.39, 0.29) is 30.2 Å². The number of carbonyl (C=O) groups is 1. The van der Waals surface area contributed by atoms with Gasteiger partial charge in [-0.1, -0.05) is 17.7 Å². The van der Waals surface area contributed by atoms with Crippen LogP contribution in [0.15, 0.2) is 28.7 Å². The number of amides is 1. The molecule has 30 heavy (non-hydrogen) atoms. The van der Waals surface area contributed by atoms with E-state index >= 15 is 0 Å². The molecule has 156 valence electrons. The van der Waals surface area contributed by atoms with Crippen LogP contribution in [0.4, 0.5) is 5.82 Å². The predicted octanol–water partition coefficient (Wildman–Crippen LogP) is 2.48. The number of thioether (sulfide) groups is 1. The molecule has 2 aromatic heterocycles. The van der Waals surface area contributed by atoms with Gasteiger partial charge in [-0.25, -0.2) is 15.0 Å². The number of rotatable bonds is 5. The van der Waals surface area contributed by atoms with E-state index in [1.54, 1.807) is 29.3 Å². The highest BCUT2D eigenvalue weighted by atomic mass is 32.2. The first kappa shape index (κ1) is 20.7. The summed E-state index contributed by atoms with van der Waals surface area (Å²) < 4.78 is 11.2. The van der Waals surface area contributed by atoms with E-state index in [1.807, 2.05) is 0 Å². The van der Waals surface area contributed by atoms with Gasteiger partial charge in [-0.3, -0.25) is 4.79 Å². The lowest BCUT2D eigenvalue weighted by molar-refractivity contribution is -0.0466. The third-order valence-corrected chi connectivity index (χ3v) is 6.99. The number of carbonyl (C=O) groups excluding carboxylic acids is 1. The van der Waals surface area contributed by atoms with E-state index in [1.165, 1.54) is 17.5 Å². The highest BCUT2D eigenvalue weighted by Crippen LogP contribution is 2.47. The number of anilines is 1. The maximum absolute atomic E-state index is 12.5. The molecule has 4 rings (SSSR count). The molecular weight excluding hydrogens is 422 g/mol. The zero-order valence-corrected chi connectivity index (χ0v) is 18.0. The number of aromatic nitrogens is 2. The van der Waals surface area contributed by atoms with Crippen LogP contribution in [0.2, 0.25) is 0 Å². The number of ether oxygens (including phenoxy) is 2. The summed E-state index contributed by atoms with van der Waals surface area (Å²) in [6.07, 6.45) is 7.69. The Morgan fingerprint density at radius 1 is 1.53 bits per heavy atom. The average Bonchev–Trinajstić information content (AvgIpc) is 3.22. The molecule has 0 bridgehead atoms. The second-order valence-electron chi connectivity index (χ2n) is 7.10. The van der Waals surface area contributed by atoms with Gasteiger partial charge in [0.1, 0.15) is 34.4 Å². The van der Waals surface area contributed by atoms with Crippen molar-refractivity contribution < 1.29 is 14.3 Å². The van der Waals surface area contributed by atoms with Crippen molar-refractivity contribution in [3.05, 3.63) is 34.4 Å². The quantitative estimate of drug-likeness (QED) is 0.683. The van der Waals surface area contributed by atoms with E-state index in [2.05, 4.69) is 28.1 Å². The number of amidine groups is 1. The average molecular weight is 444 g/mol. The second kappa shape index (κ2) is 8.63. The normalized spacial score (nSPS) is 25.5. The SMILES string of the molecule is C#CCOc1ccc(C(=O)Nc2csc([C@]34CO[C@@H](C)C[C@H]3CSC(N)=N4)n2)nc1. The molecule has 0 radical (unpaired) electrons. The smallest absolute Gasteiger partial charge is 0.275 e. The summed E-state index contributed by atoms with van der Waals surface area (Å²) in [5.41, 5.74) is 5.70. The van der Waals surface area contributed by atoms with Crippen molar-refractivity contribution in [2.45, 2.75) is 25.0 Å². The zero-order valence-electron chi connectivity index (χ0n) is 16.3. The van der Waals surface area contributed by atoms with Gasteiger partial charge in [0.05, 0.1) is 18.9 Å². The maximum Gasteiger partial charge on any atom is 0.275 e. The predicted molar refractivity (Wildman–Crippen MR) is 118 cm³/mol. The summed E-state index contributed by atoms with van der Waals surface area (Å²) in [4.78, 5) is 26.1. The molecule has 2 aliphatic rings. The van der Waals surface area contributed by atoms with Crippen LogP contribution < -0.4 is 15.8 Å². The van der Waals surface area contributed by atoms with E-state index in [0.717, 1.165) is 17.2 Å². The lowest BCUT2D eigenvalue weighted by Gasteiger charge is -2.44. The molecule has 1 saturated heterocycles. The molecule has 0 unspecified atom stereocenters. The van der Waals surface area contributed by atoms with Crippen LogP contribution in [0, 0.1) is 18.3 Å². The molecule has 2 aliphatic heterocycles. The molecule has 4 heterocycles. The minimum Gasteiger partial charge on any atom is -0.479 e. The fourth-order valence-electron chi connectivity index (χ4n) is 3.51. The van der Waals surface area contributed by atoms with Gasteiger partial charge in [-0.2, -0.15) is 0 Å². The largest absolute Gasteiger partial charge is 0.479 e. The Balaban J connectivity index is 1.50. The summed E-state index contributed by atoms with van der Waals surface area (Å²) in [5.74, 6) is 4.13. The summed E-state index contributed by atoms with van der Waals surface area (Å²) >= 11 is 3.02. The Morgan fingerprint density at radius 2 is 2.40 bits per heavy atom. The third-order valence-electron chi connectivity index (χ3n) is 5.03. The van der Waals surface area contributed by atoms with Gasteiger partial charge in [-0.05, 0) is 25.5 Å². The van der Waals surface area contributed by atoms with Crippen molar-refractivity contribution in [3.8, 4) is 18.1 Å². The van der Waals surface area contributed by atoms with Gasteiger partial charge < -0.3 is 20.5 Å². The maximum atomic E-state index is 12.5. The summed E-state index contributed by atoms with van der Waals surface area (Å²) in [6.45, 7) is 2.65. The summed E-state index contributed by atoms with van der Waals surface area (Å²) in [6, 6.07) is 3.22. The number of nitrogens with one attached hydrogen (secondary N) is 1. The molecular formula is C20H21N5O3S2. The minimum absolute atomic E-state index is 0.144. The highest BCUT2D eigenvalue weighted by Gasteiger charge is 2.49. The van der Waals surface area contributed by atoms with Gasteiger partial charge in [0.25, 0.3) is 5.91 Å². The molecule has 2 aromatic rings. The van der Waals surface area contributed by atoms with Gasteiger partial charge >= 0.3 is 0 Å². The van der Waals surface area contributed by atoms with Crippen LogP contribution in [0.5, 0.6) is 5.75 Å². The van der Waals surface area contributed by atoms with Crippen LogP contribution >= 0.6 is 23.1 Å². The topological polar surface area (TPSA) is 112 Å². The van der Waals surface area contributed by atoms with Crippen molar-refractivity contribution in [2.75, 3.05) is 24.3 Å². The number of nitrogens with zero attached hydrogens (tertiary/aromatic N) is 3. The molecule has 3 N–H and O–H groups in total. The number of pyridine rings is 1. The van der Waals surface area contributed by atoms with Gasteiger partial charge in [-0.15, -0.1) is 17.8 Å². The summed E-state index contributed by atoms with van der Waals surface area (Å²) in [7, 11) is 0. The first-order valence-electron chi connectivity index (χ1n) is 9.39. The number of thiazole rings is 1. The van der Waals surface area contributed by atoms with Crippen LogP contribution in [-0.2, 0) is 10.3 Å². The van der Waals surface area contributed by atoms with E-state index in [9.17, 15) is 4.79 Å². The molecule has 0 aromatic carbocycles. The second-order valence-corrected chi connectivity index (χ2v) is 9.00. The standard InChI is InChI=1S/C20H21N5O3S2/c1-3-6-27-14-4-5-15(22-8-14)17(26)23-16-10-29-18(24-16)20-11-28-12(2)7-13(20)9-30-19(21)25-20/h1,4-5,8,10,12-13H,6-7,9,11H2,2H3,(H2,21,25)(H,23,26)/t12-,13-,20-/m0/s1. The fraction of sp³-hybridized carbons (Fsp3) is 0.400. The van der Waals surface area contributed by atoms with Crippen LogP contribution in [-0.4, -0.2) is 46.1 Å². The fourth-order valence-corrected chi connectivity index (χ4v) is 5.49. The van der Waals surface area contributed by atoms with Crippen LogP contribution in [0.1, 0.15) is 28.8 Å². The Morgan fingerprint density at radius 3 is 3.17 bits per heavy atom. The number of terminal acetylenes is 1. The third kappa shape index (κ3) is 4.14. The van der Waals surface area contributed by atoms with E-state index < -0.39 is 5.54 Å². The highest BCUT2D eigenvalue weighted by molar-refractivity contribution is 8.13. The van der Waals surface area contributed by atoms with Gasteiger partial charge in [0, 0.05) is 17.1 Å². The van der Waals surface area contributed by atoms with Crippen molar-refractivity contribution in [3.63, 3.8) is 0 Å². The molecule has 0 spiro atoms. The van der Waals surface area contributed by atoms with Crippen molar-refractivity contribution >= 4 is 40.0 Å². The molecule has 8 nitrogen and oxygen atoms in total. The molecule has 1 amide bonds. The van der Waals surface area contributed by atoms with Gasteiger partial charge in [0.15, 0.2) is 5.17 Å². The van der Waals surface area contributed by atoms with Crippen molar-refractivity contribution in [1.82, 2.24) is 9.97 Å². The molecule has 1 fully saturated rings. The zero-order chi connectivity index (χ0) is 21.1. The lowest BCUT2D eigenvalue weighted by atomic mass is 9.80. The summed E-state index contributed by atoms with van der Waals surface area (Å²) in [5, 5.41) is 5.93. The minimum atomic E-state index is -0.593. The van der Waals surface area contributed by atoms with Crippen molar-refractivity contribution in [2.24, 2.45) is 16.6 Å². The Kier molecular flexibility index (Phi) is 5.94. The number of hydrogen-bond acceptors (Lipinski definition) is 9. The Bertz CT molecular complexity index is 1000. The van der Waals surface area contributed by atoms with Crippen LogP contribution in [0.25, 0.3) is 0 Å². The molecule has 0 aliphatic carbocycles. The monoisotopic (exact) mass is 443 g/mol.